The molecule has 2 aliphatic rings. The summed E-state index contributed by atoms with van der Waals surface area (Å²) in [5.74, 6) is 1.34. The molecular weight excluding hydrogens is 340 g/mol. The van der Waals surface area contributed by atoms with E-state index in [0.717, 1.165) is 44.1 Å². The second-order valence-electron chi connectivity index (χ2n) is 7.20. The van der Waals surface area contributed by atoms with Crippen LogP contribution in [0.2, 0.25) is 0 Å². The summed E-state index contributed by atoms with van der Waals surface area (Å²) in [4.78, 5) is 21.2. The molecule has 1 atom stereocenters. The van der Waals surface area contributed by atoms with E-state index in [1.54, 1.807) is 7.05 Å². The molecule has 0 spiro atoms. The minimum absolute atomic E-state index is 0.0871. The standard InChI is InChI=1S/C20H26N6O/c1-21-20(25-9-7-16(14-25)17-11-23-24(2)13-17)22-12-19(27)26-10-8-15-5-3-4-6-18(15)26/h3-6,11,13,16H,7-10,12,14H2,1-2H3,(H,21,22). The average molecular weight is 366 g/mol. The number of hydrogen-bond donors (Lipinski definition) is 1. The molecule has 1 amide bonds. The third kappa shape index (κ3) is 3.54. The highest BCUT2D eigenvalue weighted by Crippen LogP contribution is 2.28. The van der Waals surface area contributed by atoms with E-state index in [4.69, 9.17) is 0 Å². The molecule has 1 unspecified atom stereocenters. The summed E-state index contributed by atoms with van der Waals surface area (Å²) in [6, 6.07) is 8.13. The molecule has 3 heterocycles. The van der Waals surface area contributed by atoms with E-state index in [-0.39, 0.29) is 12.5 Å². The maximum atomic E-state index is 12.7. The number of guanidine groups is 1. The van der Waals surface area contributed by atoms with E-state index in [0.29, 0.717) is 5.92 Å². The van der Waals surface area contributed by atoms with Crippen LogP contribution in [0.4, 0.5) is 5.69 Å². The number of anilines is 1. The van der Waals surface area contributed by atoms with Gasteiger partial charge in [0.25, 0.3) is 0 Å². The molecule has 142 valence electrons. The number of hydrogen-bond acceptors (Lipinski definition) is 3. The van der Waals surface area contributed by atoms with Gasteiger partial charge in [0.1, 0.15) is 0 Å². The van der Waals surface area contributed by atoms with E-state index in [1.807, 2.05) is 41.0 Å². The summed E-state index contributed by atoms with van der Waals surface area (Å²) in [6.07, 6.45) is 6.02. The van der Waals surface area contributed by atoms with Crippen LogP contribution < -0.4 is 10.2 Å². The van der Waals surface area contributed by atoms with Crippen molar-refractivity contribution in [1.82, 2.24) is 20.0 Å². The zero-order valence-electron chi connectivity index (χ0n) is 15.9. The van der Waals surface area contributed by atoms with Crippen molar-refractivity contribution in [3.8, 4) is 0 Å². The first kappa shape index (κ1) is 17.6. The number of aromatic nitrogens is 2. The smallest absolute Gasteiger partial charge is 0.246 e. The van der Waals surface area contributed by atoms with Crippen molar-refractivity contribution in [2.75, 3.05) is 38.1 Å². The maximum Gasteiger partial charge on any atom is 0.246 e. The Kier molecular flexibility index (Phi) is 4.83. The topological polar surface area (TPSA) is 65.8 Å². The molecule has 1 N–H and O–H groups in total. The van der Waals surface area contributed by atoms with Crippen LogP contribution in [0.15, 0.2) is 41.7 Å². The normalized spacial score (nSPS) is 19.5. The zero-order valence-corrected chi connectivity index (χ0v) is 15.9. The van der Waals surface area contributed by atoms with Crippen molar-refractivity contribution < 1.29 is 4.79 Å². The van der Waals surface area contributed by atoms with Crippen molar-refractivity contribution in [3.05, 3.63) is 47.8 Å². The molecule has 1 aromatic heterocycles. The minimum atomic E-state index is 0.0871. The van der Waals surface area contributed by atoms with Gasteiger partial charge < -0.3 is 15.1 Å². The minimum Gasteiger partial charge on any atom is -0.347 e. The molecule has 2 aromatic rings. The number of rotatable bonds is 3. The van der Waals surface area contributed by atoms with Crippen LogP contribution in [-0.2, 0) is 18.3 Å². The van der Waals surface area contributed by atoms with Crippen LogP contribution >= 0.6 is 0 Å². The highest BCUT2D eigenvalue weighted by molar-refractivity contribution is 5.98. The first-order chi connectivity index (χ1) is 13.2. The largest absolute Gasteiger partial charge is 0.347 e. The van der Waals surface area contributed by atoms with Gasteiger partial charge in [0.05, 0.1) is 12.7 Å². The van der Waals surface area contributed by atoms with Crippen LogP contribution in [0.25, 0.3) is 0 Å². The van der Waals surface area contributed by atoms with Crippen molar-refractivity contribution in [2.24, 2.45) is 12.0 Å². The van der Waals surface area contributed by atoms with Gasteiger partial charge in [-0.15, -0.1) is 0 Å². The van der Waals surface area contributed by atoms with Gasteiger partial charge in [0.15, 0.2) is 5.96 Å². The van der Waals surface area contributed by atoms with E-state index >= 15 is 0 Å². The molecule has 1 aromatic carbocycles. The van der Waals surface area contributed by atoms with E-state index in [9.17, 15) is 4.79 Å². The van der Waals surface area contributed by atoms with E-state index < -0.39 is 0 Å². The first-order valence-electron chi connectivity index (χ1n) is 9.48. The van der Waals surface area contributed by atoms with Gasteiger partial charge in [-0.1, -0.05) is 18.2 Å². The molecule has 7 nitrogen and oxygen atoms in total. The number of nitrogens with one attached hydrogen (secondary N) is 1. The first-order valence-corrected chi connectivity index (χ1v) is 9.48. The molecule has 7 heteroatoms. The number of aliphatic imine (C=N–C) groups is 1. The lowest BCUT2D eigenvalue weighted by Crippen LogP contribution is -2.45. The number of para-hydroxylation sites is 1. The Hall–Kier alpha value is -2.83. The average Bonchev–Trinajstić information content (AvgIpc) is 3.41. The van der Waals surface area contributed by atoms with Crippen molar-refractivity contribution >= 4 is 17.6 Å². The Morgan fingerprint density at radius 1 is 1.33 bits per heavy atom. The zero-order chi connectivity index (χ0) is 18.8. The molecule has 1 fully saturated rings. The van der Waals surface area contributed by atoms with Crippen molar-refractivity contribution in [3.63, 3.8) is 0 Å². The Balaban J connectivity index is 1.34. The predicted octanol–water partition coefficient (Wildman–Crippen LogP) is 1.37. The molecule has 0 aliphatic carbocycles. The number of nitrogens with zero attached hydrogens (tertiary/aromatic N) is 5. The number of likely N-dealkylation sites (tertiary alicyclic amines) is 1. The number of fused-ring (bicyclic) bond motifs is 1. The molecule has 2 aliphatic heterocycles. The fourth-order valence-electron chi connectivity index (χ4n) is 4.06. The van der Waals surface area contributed by atoms with Gasteiger partial charge in [0, 0.05) is 51.5 Å². The molecule has 0 bridgehead atoms. The second-order valence-corrected chi connectivity index (χ2v) is 7.20. The Morgan fingerprint density at radius 2 is 2.19 bits per heavy atom. The summed E-state index contributed by atoms with van der Waals surface area (Å²) in [5.41, 5.74) is 3.55. The summed E-state index contributed by atoms with van der Waals surface area (Å²) in [7, 11) is 3.72. The van der Waals surface area contributed by atoms with Crippen molar-refractivity contribution in [1.29, 1.82) is 0 Å². The predicted molar refractivity (Wildman–Crippen MR) is 106 cm³/mol. The molecule has 0 saturated carbocycles. The number of carbonyl (C=O) groups is 1. The SMILES string of the molecule is CN=C(NCC(=O)N1CCc2ccccc21)N1CCC(c2cnn(C)c2)C1. The highest BCUT2D eigenvalue weighted by atomic mass is 16.2. The summed E-state index contributed by atoms with van der Waals surface area (Å²) >= 11 is 0. The second kappa shape index (κ2) is 7.42. The lowest BCUT2D eigenvalue weighted by atomic mass is 10.0. The lowest BCUT2D eigenvalue weighted by Gasteiger charge is -2.23. The van der Waals surface area contributed by atoms with Gasteiger partial charge in [-0.2, -0.15) is 5.10 Å². The fourth-order valence-corrected chi connectivity index (χ4v) is 4.06. The van der Waals surface area contributed by atoms with Gasteiger partial charge in [-0.3, -0.25) is 14.5 Å². The number of carbonyl (C=O) groups excluding carboxylic acids is 1. The molecule has 27 heavy (non-hydrogen) atoms. The van der Waals surface area contributed by atoms with Gasteiger partial charge in [-0.05, 0) is 30.0 Å². The Morgan fingerprint density at radius 3 is 2.96 bits per heavy atom. The molecule has 4 rings (SSSR count). The fraction of sp³-hybridized carbons (Fsp3) is 0.450. The van der Waals surface area contributed by atoms with Crippen molar-refractivity contribution in [2.45, 2.75) is 18.8 Å². The Labute approximate surface area is 159 Å². The Bertz CT molecular complexity index is 858. The third-order valence-corrected chi connectivity index (χ3v) is 5.48. The maximum absolute atomic E-state index is 12.7. The van der Waals surface area contributed by atoms with Crippen LogP contribution in [0.5, 0.6) is 0 Å². The summed E-state index contributed by atoms with van der Waals surface area (Å²) in [5, 5.41) is 7.54. The molecular formula is C20H26N6O. The van der Waals surface area contributed by atoms with Crippen LogP contribution in [0.3, 0.4) is 0 Å². The third-order valence-electron chi connectivity index (χ3n) is 5.48. The molecule has 1 saturated heterocycles. The summed E-state index contributed by atoms with van der Waals surface area (Å²) in [6.45, 7) is 2.84. The van der Waals surface area contributed by atoms with Gasteiger partial charge in [-0.25, -0.2) is 0 Å². The number of benzene rings is 1. The molecule has 0 radical (unpaired) electrons. The number of aryl methyl sites for hydroxylation is 1. The quantitative estimate of drug-likeness (QED) is 0.658. The highest BCUT2D eigenvalue weighted by Gasteiger charge is 2.28. The summed E-state index contributed by atoms with van der Waals surface area (Å²) < 4.78 is 1.84. The van der Waals surface area contributed by atoms with Gasteiger partial charge >= 0.3 is 0 Å². The van der Waals surface area contributed by atoms with Crippen LogP contribution in [0, 0.1) is 0 Å². The van der Waals surface area contributed by atoms with E-state index in [1.165, 1.54) is 11.1 Å². The monoisotopic (exact) mass is 366 g/mol. The van der Waals surface area contributed by atoms with E-state index in [2.05, 4.69) is 32.6 Å². The van der Waals surface area contributed by atoms with Crippen LogP contribution in [0.1, 0.15) is 23.5 Å². The lowest BCUT2D eigenvalue weighted by molar-refractivity contribution is -0.117. The van der Waals surface area contributed by atoms with Crippen LogP contribution in [-0.4, -0.2) is 59.8 Å². The number of amides is 1. The van der Waals surface area contributed by atoms with Gasteiger partial charge in [0.2, 0.25) is 5.91 Å².